The van der Waals surface area contributed by atoms with Crippen molar-refractivity contribution >= 4 is 11.0 Å². The number of benzene rings is 2. The second-order valence-corrected chi connectivity index (χ2v) is 7.11. The van der Waals surface area contributed by atoms with Crippen LogP contribution in [0.2, 0.25) is 0 Å². The minimum Gasteiger partial charge on any atom is -0.367 e. The summed E-state index contributed by atoms with van der Waals surface area (Å²) in [6.45, 7) is 3.61. The quantitative estimate of drug-likeness (QED) is 0.519. The molecule has 0 saturated carbocycles. The Morgan fingerprint density at radius 3 is 2.69 bits per heavy atom. The third kappa shape index (κ3) is 4.13. The number of hydrogen-bond donors (Lipinski definition) is 0. The summed E-state index contributed by atoms with van der Waals surface area (Å²) in [6.07, 6.45) is 1.58. The van der Waals surface area contributed by atoms with E-state index in [4.69, 9.17) is 4.74 Å². The number of tetrazole rings is 1. The Kier molecular flexibility index (Phi) is 4.93. The van der Waals surface area contributed by atoms with Crippen LogP contribution in [0.25, 0.3) is 11.0 Å². The van der Waals surface area contributed by atoms with E-state index in [1.807, 2.05) is 30.3 Å². The van der Waals surface area contributed by atoms with Gasteiger partial charge in [0.1, 0.15) is 12.6 Å². The molecular formula is C21H21N7O. The van der Waals surface area contributed by atoms with Gasteiger partial charge >= 0.3 is 0 Å². The second-order valence-electron chi connectivity index (χ2n) is 7.11. The van der Waals surface area contributed by atoms with Crippen LogP contribution in [0.15, 0.2) is 60.8 Å². The summed E-state index contributed by atoms with van der Waals surface area (Å²) in [6, 6.07) is 18.2. The highest BCUT2D eigenvalue weighted by Crippen LogP contribution is 2.20. The Labute approximate surface area is 168 Å². The van der Waals surface area contributed by atoms with Gasteiger partial charge in [0.05, 0.1) is 29.5 Å². The number of ether oxygens (including phenoxy) is 1. The Morgan fingerprint density at radius 1 is 0.966 bits per heavy atom. The molecule has 8 heteroatoms. The SMILES string of the molecule is c1ccc(CN2CCOC(c3nnn(Cc4cnc5ccccc5n4)n3)C2)cc1. The van der Waals surface area contributed by atoms with Crippen LogP contribution >= 0.6 is 0 Å². The topological polar surface area (TPSA) is 81.9 Å². The minimum atomic E-state index is -0.177. The first-order valence-corrected chi connectivity index (χ1v) is 9.70. The van der Waals surface area contributed by atoms with Crippen LogP contribution in [0.4, 0.5) is 0 Å². The first-order chi connectivity index (χ1) is 14.3. The van der Waals surface area contributed by atoms with Crippen molar-refractivity contribution in [1.29, 1.82) is 0 Å². The molecular weight excluding hydrogens is 366 g/mol. The fourth-order valence-electron chi connectivity index (χ4n) is 3.51. The summed E-state index contributed by atoms with van der Waals surface area (Å²) in [5.41, 5.74) is 3.82. The Bertz CT molecular complexity index is 1100. The highest BCUT2D eigenvalue weighted by molar-refractivity contribution is 5.73. The molecule has 0 aliphatic carbocycles. The number of morpholine rings is 1. The number of aromatic nitrogens is 6. The van der Waals surface area contributed by atoms with E-state index < -0.39 is 0 Å². The summed E-state index contributed by atoms with van der Waals surface area (Å²) in [4.78, 5) is 13.0. The van der Waals surface area contributed by atoms with E-state index in [1.54, 1.807) is 11.0 Å². The monoisotopic (exact) mass is 387 g/mol. The molecule has 2 aromatic carbocycles. The van der Waals surface area contributed by atoms with E-state index in [9.17, 15) is 0 Å². The van der Waals surface area contributed by atoms with Gasteiger partial charge in [-0.1, -0.05) is 42.5 Å². The molecule has 1 aliphatic rings. The van der Waals surface area contributed by atoms with E-state index in [0.717, 1.165) is 36.4 Å². The summed E-state index contributed by atoms with van der Waals surface area (Å²) in [7, 11) is 0. The van der Waals surface area contributed by atoms with E-state index in [2.05, 4.69) is 54.5 Å². The molecule has 1 saturated heterocycles. The molecule has 29 heavy (non-hydrogen) atoms. The molecule has 5 rings (SSSR count). The molecule has 4 aromatic rings. The third-order valence-electron chi connectivity index (χ3n) is 4.96. The maximum atomic E-state index is 5.91. The Balaban J connectivity index is 1.26. The van der Waals surface area contributed by atoms with Crippen LogP contribution in [-0.2, 0) is 17.8 Å². The van der Waals surface area contributed by atoms with Crippen molar-refractivity contribution in [3.05, 3.63) is 77.9 Å². The zero-order valence-corrected chi connectivity index (χ0v) is 15.9. The average molecular weight is 387 g/mol. The lowest BCUT2D eigenvalue weighted by Crippen LogP contribution is -2.38. The van der Waals surface area contributed by atoms with Crippen molar-refractivity contribution in [2.75, 3.05) is 19.7 Å². The lowest BCUT2D eigenvalue weighted by molar-refractivity contribution is -0.0373. The molecule has 3 heterocycles. The van der Waals surface area contributed by atoms with Gasteiger partial charge in [-0.25, -0.2) is 4.98 Å². The van der Waals surface area contributed by atoms with E-state index in [-0.39, 0.29) is 6.10 Å². The van der Waals surface area contributed by atoms with Crippen molar-refractivity contribution < 1.29 is 4.74 Å². The largest absolute Gasteiger partial charge is 0.367 e. The lowest BCUT2D eigenvalue weighted by Gasteiger charge is -2.31. The van der Waals surface area contributed by atoms with Crippen molar-refractivity contribution in [2.24, 2.45) is 0 Å². The summed E-state index contributed by atoms with van der Waals surface area (Å²) < 4.78 is 5.91. The van der Waals surface area contributed by atoms with Gasteiger partial charge in [-0.2, -0.15) is 4.80 Å². The predicted octanol–water partition coefficient (Wildman–Crippen LogP) is 2.24. The maximum Gasteiger partial charge on any atom is 0.204 e. The van der Waals surface area contributed by atoms with Gasteiger partial charge in [0, 0.05) is 19.6 Å². The maximum absolute atomic E-state index is 5.91. The van der Waals surface area contributed by atoms with E-state index in [1.165, 1.54) is 5.56 Å². The lowest BCUT2D eigenvalue weighted by atomic mass is 10.2. The third-order valence-corrected chi connectivity index (χ3v) is 4.96. The Morgan fingerprint density at radius 2 is 1.79 bits per heavy atom. The van der Waals surface area contributed by atoms with Gasteiger partial charge in [0.25, 0.3) is 0 Å². The zero-order chi connectivity index (χ0) is 19.5. The minimum absolute atomic E-state index is 0.177. The van der Waals surface area contributed by atoms with Crippen LogP contribution in [0, 0.1) is 0 Å². The van der Waals surface area contributed by atoms with Crippen LogP contribution in [0.3, 0.4) is 0 Å². The predicted molar refractivity (Wildman–Crippen MR) is 107 cm³/mol. The van der Waals surface area contributed by atoms with Gasteiger partial charge < -0.3 is 4.74 Å². The molecule has 8 nitrogen and oxygen atoms in total. The summed E-state index contributed by atoms with van der Waals surface area (Å²) >= 11 is 0. The number of fused-ring (bicyclic) bond motifs is 1. The molecule has 0 spiro atoms. The van der Waals surface area contributed by atoms with Crippen LogP contribution in [-0.4, -0.2) is 54.8 Å². The number of nitrogens with zero attached hydrogens (tertiary/aromatic N) is 7. The normalized spacial score (nSPS) is 17.6. The number of hydrogen-bond acceptors (Lipinski definition) is 7. The molecule has 1 unspecified atom stereocenters. The summed E-state index contributed by atoms with van der Waals surface area (Å²) in [5.74, 6) is 0.608. The molecule has 1 aliphatic heterocycles. The average Bonchev–Trinajstić information content (AvgIpc) is 3.23. The van der Waals surface area contributed by atoms with E-state index >= 15 is 0 Å². The van der Waals surface area contributed by atoms with Gasteiger partial charge in [-0.05, 0) is 22.9 Å². The van der Waals surface area contributed by atoms with Gasteiger partial charge in [-0.15, -0.1) is 10.2 Å². The first-order valence-electron chi connectivity index (χ1n) is 9.70. The molecule has 1 atom stereocenters. The molecule has 2 aromatic heterocycles. The number of para-hydroxylation sites is 2. The highest BCUT2D eigenvalue weighted by Gasteiger charge is 2.26. The molecule has 146 valence electrons. The van der Waals surface area contributed by atoms with E-state index in [0.29, 0.717) is 19.0 Å². The highest BCUT2D eigenvalue weighted by atomic mass is 16.5. The molecule has 0 radical (unpaired) electrons. The van der Waals surface area contributed by atoms with Crippen molar-refractivity contribution in [1.82, 2.24) is 35.1 Å². The van der Waals surface area contributed by atoms with Crippen molar-refractivity contribution in [3.8, 4) is 0 Å². The number of rotatable bonds is 5. The summed E-state index contributed by atoms with van der Waals surface area (Å²) in [5, 5.41) is 12.9. The van der Waals surface area contributed by atoms with Crippen LogP contribution in [0.5, 0.6) is 0 Å². The fourth-order valence-corrected chi connectivity index (χ4v) is 3.51. The molecule has 1 fully saturated rings. The first kappa shape index (κ1) is 17.8. The van der Waals surface area contributed by atoms with Crippen LogP contribution in [0.1, 0.15) is 23.2 Å². The smallest absolute Gasteiger partial charge is 0.204 e. The van der Waals surface area contributed by atoms with Gasteiger partial charge in [0.15, 0.2) is 0 Å². The second kappa shape index (κ2) is 8.02. The molecule has 0 bridgehead atoms. The van der Waals surface area contributed by atoms with Gasteiger partial charge in [-0.3, -0.25) is 9.88 Å². The van der Waals surface area contributed by atoms with Gasteiger partial charge in [0.2, 0.25) is 5.82 Å². The van der Waals surface area contributed by atoms with Crippen molar-refractivity contribution in [2.45, 2.75) is 19.2 Å². The molecule has 0 amide bonds. The van der Waals surface area contributed by atoms with Crippen molar-refractivity contribution in [3.63, 3.8) is 0 Å². The fraction of sp³-hybridized carbons (Fsp3) is 0.286. The standard InChI is InChI=1S/C21H21N7O/c1-2-6-16(7-3-1)13-27-10-11-29-20(15-27)21-24-26-28(25-21)14-17-12-22-18-8-4-5-9-19(18)23-17/h1-9,12,20H,10-11,13-15H2. The Hall–Kier alpha value is -3.23. The zero-order valence-electron chi connectivity index (χ0n) is 15.9. The van der Waals surface area contributed by atoms with Crippen LogP contribution < -0.4 is 0 Å². The molecule has 0 N–H and O–H groups in total.